The van der Waals surface area contributed by atoms with Crippen LogP contribution in [-0.2, 0) is 11.3 Å². The molecule has 2 N–H and O–H groups in total. The van der Waals surface area contributed by atoms with Gasteiger partial charge in [0.1, 0.15) is 0 Å². The number of nitrogens with one attached hydrogen (secondary N) is 2. The zero-order valence-electron chi connectivity index (χ0n) is 16.8. The molecule has 2 aromatic heterocycles. The Bertz CT molecular complexity index is 714. The van der Waals surface area contributed by atoms with Gasteiger partial charge in [-0.25, -0.2) is 0 Å². The van der Waals surface area contributed by atoms with Crippen molar-refractivity contribution in [3.05, 3.63) is 30.2 Å². The highest BCUT2D eigenvalue weighted by atomic mass is 127. The molecule has 3 rings (SSSR count). The zero-order chi connectivity index (χ0) is 18.7. The third-order valence-corrected chi connectivity index (χ3v) is 5.04. The zero-order valence-corrected chi connectivity index (χ0v) is 19.1. The monoisotopic (exact) mass is 500 g/mol. The van der Waals surface area contributed by atoms with Crippen LogP contribution in [0.1, 0.15) is 57.2 Å². The number of halogens is 1. The van der Waals surface area contributed by atoms with Crippen LogP contribution in [-0.4, -0.2) is 46.9 Å². The fraction of sp³-hybridized carbons (Fsp3) is 0.650. The smallest absolute Gasteiger partial charge is 0.191 e. The van der Waals surface area contributed by atoms with Crippen LogP contribution in [0.25, 0.3) is 5.65 Å². The summed E-state index contributed by atoms with van der Waals surface area (Å²) in [6, 6.07) is 5.88. The van der Waals surface area contributed by atoms with Gasteiger partial charge >= 0.3 is 0 Å². The Hall–Kier alpha value is -1.42. The van der Waals surface area contributed by atoms with Gasteiger partial charge in [0.2, 0.25) is 0 Å². The van der Waals surface area contributed by atoms with Crippen molar-refractivity contribution >= 4 is 35.6 Å². The molecule has 0 bridgehead atoms. The highest BCUT2D eigenvalue weighted by Crippen LogP contribution is 2.20. The number of pyridine rings is 1. The second-order valence-corrected chi connectivity index (χ2v) is 7.09. The number of nitrogens with zero attached hydrogens (tertiary/aromatic N) is 4. The van der Waals surface area contributed by atoms with Crippen LogP contribution in [0.4, 0.5) is 0 Å². The fourth-order valence-corrected chi connectivity index (χ4v) is 3.49. The molecular formula is C20H33IN6O. The first kappa shape index (κ1) is 22.9. The minimum Gasteiger partial charge on any atom is -0.378 e. The molecule has 28 heavy (non-hydrogen) atoms. The molecule has 2 aromatic rings. The standard InChI is InChI=1S/C20H32N6O.HI/c1-21-20(23-16-19-25-24-18-12-6-8-14-26(18)19)22-13-7-3-9-15-27-17-10-4-2-5-11-17;/h6,8,12,14,17H,2-5,7,9-11,13,15-16H2,1H3,(H2,21,22,23);1H. The van der Waals surface area contributed by atoms with Crippen LogP contribution in [0.2, 0.25) is 0 Å². The molecule has 0 amide bonds. The lowest BCUT2D eigenvalue weighted by Crippen LogP contribution is -2.37. The van der Waals surface area contributed by atoms with Crippen molar-refractivity contribution in [1.82, 2.24) is 25.2 Å². The minimum atomic E-state index is 0. The first-order valence-corrected chi connectivity index (χ1v) is 10.2. The van der Waals surface area contributed by atoms with Crippen molar-refractivity contribution in [1.29, 1.82) is 0 Å². The third kappa shape index (κ3) is 7.20. The molecule has 8 heteroatoms. The van der Waals surface area contributed by atoms with E-state index in [1.165, 1.54) is 38.5 Å². The van der Waals surface area contributed by atoms with E-state index in [1.54, 1.807) is 7.05 Å². The molecule has 0 atom stereocenters. The molecule has 0 unspecified atom stereocenters. The van der Waals surface area contributed by atoms with Gasteiger partial charge in [-0.2, -0.15) is 0 Å². The summed E-state index contributed by atoms with van der Waals surface area (Å²) in [7, 11) is 1.79. The van der Waals surface area contributed by atoms with Crippen LogP contribution >= 0.6 is 24.0 Å². The van der Waals surface area contributed by atoms with Crippen LogP contribution in [0, 0.1) is 0 Å². The van der Waals surface area contributed by atoms with Crippen LogP contribution in [0.15, 0.2) is 29.4 Å². The predicted octanol–water partition coefficient (Wildman–Crippen LogP) is 3.53. The highest BCUT2D eigenvalue weighted by Gasteiger charge is 2.12. The summed E-state index contributed by atoms with van der Waals surface area (Å²) in [5.74, 6) is 1.66. The molecule has 1 saturated carbocycles. The molecule has 0 aliphatic heterocycles. The normalized spacial score (nSPS) is 15.4. The van der Waals surface area contributed by atoms with E-state index in [9.17, 15) is 0 Å². The van der Waals surface area contributed by atoms with Crippen LogP contribution in [0.5, 0.6) is 0 Å². The Kier molecular flexibility index (Phi) is 10.6. The molecular weight excluding hydrogens is 467 g/mol. The molecule has 0 radical (unpaired) electrons. The van der Waals surface area contributed by atoms with Gasteiger partial charge in [-0.15, -0.1) is 34.2 Å². The quantitative estimate of drug-likeness (QED) is 0.239. The molecule has 156 valence electrons. The van der Waals surface area contributed by atoms with E-state index in [1.807, 2.05) is 28.8 Å². The van der Waals surface area contributed by atoms with E-state index in [-0.39, 0.29) is 24.0 Å². The van der Waals surface area contributed by atoms with E-state index >= 15 is 0 Å². The summed E-state index contributed by atoms with van der Waals surface area (Å²) in [4.78, 5) is 4.27. The first-order chi connectivity index (χ1) is 13.4. The minimum absolute atomic E-state index is 0. The summed E-state index contributed by atoms with van der Waals surface area (Å²) < 4.78 is 7.95. The maximum Gasteiger partial charge on any atom is 0.191 e. The van der Waals surface area contributed by atoms with Crippen LogP contribution in [0.3, 0.4) is 0 Å². The van der Waals surface area contributed by atoms with Gasteiger partial charge in [0.25, 0.3) is 0 Å². The Morgan fingerprint density at radius 1 is 1.14 bits per heavy atom. The second kappa shape index (κ2) is 12.9. The summed E-state index contributed by atoms with van der Waals surface area (Å²) >= 11 is 0. The highest BCUT2D eigenvalue weighted by molar-refractivity contribution is 14.0. The van der Waals surface area contributed by atoms with Crippen molar-refractivity contribution in [2.24, 2.45) is 4.99 Å². The van der Waals surface area contributed by atoms with Gasteiger partial charge in [-0.3, -0.25) is 9.39 Å². The van der Waals surface area contributed by atoms with Crippen LogP contribution < -0.4 is 10.6 Å². The van der Waals surface area contributed by atoms with Gasteiger partial charge in [-0.05, 0) is 44.2 Å². The number of fused-ring (bicyclic) bond motifs is 1. The van der Waals surface area contributed by atoms with Crippen molar-refractivity contribution < 1.29 is 4.74 Å². The van der Waals surface area contributed by atoms with E-state index < -0.39 is 0 Å². The fourth-order valence-electron chi connectivity index (χ4n) is 3.49. The number of guanidine groups is 1. The molecule has 2 heterocycles. The topological polar surface area (TPSA) is 75.8 Å². The lowest BCUT2D eigenvalue weighted by atomic mass is 9.98. The lowest BCUT2D eigenvalue weighted by molar-refractivity contribution is 0.0264. The van der Waals surface area contributed by atoms with Gasteiger partial charge in [0.05, 0.1) is 12.6 Å². The number of ether oxygens (including phenoxy) is 1. The first-order valence-electron chi connectivity index (χ1n) is 10.2. The van der Waals surface area contributed by atoms with E-state index in [4.69, 9.17) is 4.74 Å². The predicted molar refractivity (Wildman–Crippen MR) is 123 cm³/mol. The summed E-state index contributed by atoms with van der Waals surface area (Å²) in [6.45, 7) is 2.39. The van der Waals surface area contributed by atoms with Gasteiger partial charge in [-0.1, -0.05) is 25.3 Å². The average Bonchev–Trinajstić information content (AvgIpc) is 3.13. The molecule has 0 aromatic carbocycles. The SMILES string of the molecule is CN=C(NCCCCCOC1CCCCC1)NCc1nnc2ccccn12.I. The van der Waals surface area contributed by atoms with Gasteiger partial charge in [0.15, 0.2) is 17.4 Å². The molecule has 0 spiro atoms. The number of aliphatic imine (C=N–C) groups is 1. The summed E-state index contributed by atoms with van der Waals surface area (Å²) in [6.07, 6.45) is 12.5. The van der Waals surface area contributed by atoms with Gasteiger partial charge < -0.3 is 15.4 Å². The number of hydrogen-bond donors (Lipinski definition) is 2. The molecule has 1 aliphatic carbocycles. The molecule has 1 fully saturated rings. The van der Waals surface area contributed by atoms with Gasteiger partial charge in [0, 0.05) is 26.4 Å². The maximum absolute atomic E-state index is 5.98. The molecule has 0 saturated heterocycles. The summed E-state index contributed by atoms with van der Waals surface area (Å²) in [5.41, 5.74) is 0.854. The summed E-state index contributed by atoms with van der Waals surface area (Å²) in [5, 5.41) is 15.0. The lowest BCUT2D eigenvalue weighted by Gasteiger charge is -2.21. The molecule has 1 aliphatic rings. The van der Waals surface area contributed by atoms with E-state index in [2.05, 4.69) is 25.8 Å². The maximum atomic E-state index is 5.98. The Morgan fingerprint density at radius 2 is 2.00 bits per heavy atom. The second-order valence-electron chi connectivity index (χ2n) is 7.09. The number of aromatic nitrogens is 3. The van der Waals surface area contributed by atoms with Crippen molar-refractivity contribution in [3.63, 3.8) is 0 Å². The Balaban J connectivity index is 0.00000280. The van der Waals surface area contributed by atoms with E-state index in [0.29, 0.717) is 12.6 Å². The Labute approximate surface area is 184 Å². The number of rotatable bonds is 9. The largest absolute Gasteiger partial charge is 0.378 e. The number of unbranched alkanes of at least 4 members (excludes halogenated alkanes) is 2. The van der Waals surface area contributed by atoms with Crippen molar-refractivity contribution in [3.8, 4) is 0 Å². The van der Waals surface area contributed by atoms with E-state index in [0.717, 1.165) is 43.4 Å². The van der Waals surface area contributed by atoms with Crippen molar-refractivity contribution in [2.75, 3.05) is 20.2 Å². The Morgan fingerprint density at radius 3 is 2.82 bits per heavy atom. The number of hydrogen-bond acceptors (Lipinski definition) is 4. The average molecular weight is 500 g/mol. The van der Waals surface area contributed by atoms with Crippen molar-refractivity contribution in [2.45, 2.75) is 64.0 Å². The third-order valence-electron chi connectivity index (χ3n) is 5.04. The molecule has 7 nitrogen and oxygen atoms in total.